The van der Waals surface area contributed by atoms with Crippen molar-refractivity contribution < 1.29 is 19.8 Å². The molecule has 1 fully saturated rings. The van der Waals surface area contributed by atoms with Crippen LogP contribution in [0.4, 0.5) is 0 Å². The molecule has 0 radical (unpaired) electrons. The van der Waals surface area contributed by atoms with E-state index in [2.05, 4.69) is 5.32 Å². The number of amides is 2. The van der Waals surface area contributed by atoms with Crippen molar-refractivity contribution in [1.82, 2.24) is 5.32 Å². The van der Waals surface area contributed by atoms with Crippen LogP contribution in [-0.4, -0.2) is 22.0 Å². The van der Waals surface area contributed by atoms with Crippen LogP contribution in [0.15, 0.2) is 48.5 Å². The van der Waals surface area contributed by atoms with Gasteiger partial charge in [-0.25, -0.2) is 0 Å². The average molecular weight is 283 g/mol. The molecule has 2 atom stereocenters. The molecule has 1 aliphatic heterocycles. The first-order valence-electron chi connectivity index (χ1n) is 6.49. The predicted molar refractivity (Wildman–Crippen MR) is 74.8 cm³/mol. The molecule has 1 heterocycles. The SMILES string of the molecule is O=C1NC(=O)[C@H](c2ccccc2O)[C@H]1c1ccc(O)cc1. The van der Waals surface area contributed by atoms with E-state index in [-0.39, 0.29) is 11.5 Å². The normalized spacial score (nSPS) is 21.3. The molecule has 3 rings (SSSR count). The molecule has 5 heteroatoms. The number of nitrogens with one attached hydrogen (secondary N) is 1. The van der Waals surface area contributed by atoms with Crippen molar-refractivity contribution in [2.75, 3.05) is 0 Å². The Bertz CT molecular complexity index is 708. The second-order valence-corrected chi connectivity index (χ2v) is 4.96. The first kappa shape index (κ1) is 13.2. The van der Waals surface area contributed by atoms with Gasteiger partial charge in [0.1, 0.15) is 11.5 Å². The number of hydrogen-bond acceptors (Lipinski definition) is 4. The lowest BCUT2D eigenvalue weighted by Gasteiger charge is -2.17. The summed E-state index contributed by atoms with van der Waals surface area (Å²) in [7, 11) is 0. The predicted octanol–water partition coefficient (Wildman–Crippen LogP) is 1.62. The number of phenols is 2. The summed E-state index contributed by atoms with van der Waals surface area (Å²) in [6.07, 6.45) is 0. The zero-order chi connectivity index (χ0) is 15.0. The highest BCUT2D eigenvalue weighted by atomic mass is 16.3. The number of aromatic hydroxyl groups is 2. The monoisotopic (exact) mass is 283 g/mol. The quantitative estimate of drug-likeness (QED) is 0.731. The topological polar surface area (TPSA) is 86.6 Å². The van der Waals surface area contributed by atoms with Gasteiger partial charge in [0, 0.05) is 5.56 Å². The van der Waals surface area contributed by atoms with E-state index < -0.39 is 23.7 Å². The van der Waals surface area contributed by atoms with Gasteiger partial charge in [-0.2, -0.15) is 0 Å². The van der Waals surface area contributed by atoms with E-state index in [1.54, 1.807) is 30.3 Å². The molecule has 0 aliphatic carbocycles. The van der Waals surface area contributed by atoms with Gasteiger partial charge in [-0.15, -0.1) is 0 Å². The zero-order valence-corrected chi connectivity index (χ0v) is 11.0. The lowest BCUT2D eigenvalue weighted by Crippen LogP contribution is -2.21. The molecule has 1 saturated heterocycles. The minimum absolute atomic E-state index is 0.0175. The van der Waals surface area contributed by atoms with Crippen molar-refractivity contribution in [1.29, 1.82) is 0 Å². The molecule has 21 heavy (non-hydrogen) atoms. The standard InChI is InChI=1S/C16H13NO4/c18-10-7-5-9(6-8-10)13-14(16(21)17-15(13)20)11-3-1-2-4-12(11)19/h1-8,13-14,18-19H,(H,17,20,21)/t13-,14-/m1/s1. The third kappa shape index (κ3) is 2.23. The molecule has 2 aromatic carbocycles. The Kier molecular flexibility index (Phi) is 3.10. The largest absolute Gasteiger partial charge is 0.508 e. The Hall–Kier alpha value is -2.82. The van der Waals surface area contributed by atoms with Crippen LogP contribution in [0.25, 0.3) is 0 Å². The smallest absolute Gasteiger partial charge is 0.235 e. The van der Waals surface area contributed by atoms with E-state index in [9.17, 15) is 19.8 Å². The lowest BCUT2D eigenvalue weighted by atomic mass is 9.83. The summed E-state index contributed by atoms with van der Waals surface area (Å²) in [5.41, 5.74) is 1.03. The van der Waals surface area contributed by atoms with E-state index in [1.165, 1.54) is 18.2 Å². The fourth-order valence-electron chi connectivity index (χ4n) is 2.68. The lowest BCUT2D eigenvalue weighted by molar-refractivity contribution is -0.125. The Labute approximate surface area is 120 Å². The van der Waals surface area contributed by atoms with E-state index in [1.807, 2.05) is 0 Å². The molecule has 0 saturated carbocycles. The number of carbonyl (C=O) groups excluding carboxylic acids is 2. The van der Waals surface area contributed by atoms with Crippen LogP contribution in [0.5, 0.6) is 11.5 Å². The van der Waals surface area contributed by atoms with Crippen LogP contribution in [0, 0.1) is 0 Å². The molecular weight excluding hydrogens is 270 g/mol. The fourth-order valence-corrected chi connectivity index (χ4v) is 2.68. The van der Waals surface area contributed by atoms with Gasteiger partial charge < -0.3 is 10.2 Å². The van der Waals surface area contributed by atoms with Crippen LogP contribution in [0.1, 0.15) is 23.0 Å². The number of carbonyl (C=O) groups is 2. The minimum Gasteiger partial charge on any atom is -0.508 e. The zero-order valence-electron chi connectivity index (χ0n) is 11.0. The summed E-state index contributed by atoms with van der Waals surface area (Å²) in [6.45, 7) is 0. The maximum absolute atomic E-state index is 12.1. The molecular formula is C16H13NO4. The number of hydrogen-bond donors (Lipinski definition) is 3. The third-order valence-corrected chi connectivity index (χ3v) is 3.67. The molecule has 2 aromatic rings. The first-order chi connectivity index (χ1) is 10.1. The van der Waals surface area contributed by atoms with Crippen LogP contribution >= 0.6 is 0 Å². The fraction of sp³-hybridized carbons (Fsp3) is 0.125. The Morgan fingerprint density at radius 2 is 1.43 bits per heavy atom. The van der Waals surface area contributed by atoms with Gasteiger partial charge in [0.05, 0.1) is 11.8 Å². The summed E-state index contributed by atoms with van der Waals surface area (Å²) in [5, 5.41) is 21.6. The van der Waals surface area contributed by atoms with Gasteiger partial charge >= 0.3 is 0 Å². The van der Waals surface area contributed by atoms with Crippen molar-refractivity contribution in [2.24, 2.45) is 0 Å². The maximum atomic E-state index is 12.1. The van der Waals surface area contributed by atoms with Crippen molar-refractivity contribution in [3.63, 3.8) is 0 Å². The van der Waals surface area contributed by atoms with Crippen LogP contribution < -0.4 is 5.32 Å². The van der Waals surface area contributed by atoms with Gasteiger partial charge in [-0.1, -0.05) is 30.3 Å². The average Bonchev–Trinajstić information content (AvgIpc) is 2.75. The Balaban J connectivity index is 2.08. The molecule has 0 bridgehead atoms. The second-order valence-electron chi connectivity index (χ2n) is 4.96. The van der Waals surface area contributed by atoms with Gasteiger partial charge in [0.25, 0.3) is 0 Å². The van der Waals surface area contributed by atoms with Crippen LogP contribution in [0.2, 0.25) is 0 Å². The number of imide groups is 1. The van der Waals surface area contributed by atoms with Gasteiger partial charge in [0.15, 0.2) is 0 Å². The summed E-state index contributed by atoms with van der Waals surface area (Å²) in [4.78, 5) is 24.2. The van der Waals surface area contributed by atoms with Gasteiger partial charge in [-0.05, 0) is 23.8 Å². The van der Waals surface area contributed by atoms with Crippen molar-refractivity contribution in [2.45, 2.75) is 11.8 Å². The highest BCUT2D eigenvalue weighted by Gasteiger charge is 2.44. The Morgan fingerprint density at radius 1 is 0.810 bits per heavy atom. The summed E-state index contributed by atoms with van der Waals surface area (Å²) in [5.74, 6) is -2.26. The minimum atomic E-state index is -0.775. The van der Waals surface area contributed by atoms with E-state index in [0.29, 0.717) is 11.1 Å². The second kappa shape index (κ2) is 4.94. The van der Waals surface area contributed by atoms with E-state index >= 15 is 0 Å². The number of para-hydroxylation sites is 1. The molecule has 2 amide bonds. The molecule has 0 unspecified atom stereocenters. The third-order valence-electron chi connectivity index (χ3n) is 3.67. The molecule has 0 aromatic heterocycles. The van der Waals surface area contributed by atoms with E-state index in [0.717, 1.165) is 0 Å². The van der Waals surface area contributed by atoms with Crippen molar-refractivity contribution >= 4 is 11.8 Å². The molecule has 106 valence electrons. The summed E-state index contributed by atoms with van der Waals surface area (Å²) < 4.78 is 0. The highest BCUT2D eigenvalue weighted by molar-refractivity contribution is 6.10. The van der Waals surface area contributed by atoms with E-state index in [4.69, 9.17) is 0 Å². The first-order valence-corrected chi connectivity index (χ1v) is 6.49. The number of benzene rings is 2. The van der Waals surface area contributed by atoms with Gasteiger partial charge in [-0.3, -0.25) is 14.9 Å². The molecule has 3 N–H and O–H groups in total. The van der Waals surface area contributed by atoms with Crippen molar-refractivity contribution in [3.05, 3.63) is 59.7 Å². The highest BCUT2D eigenvalue weighted by Crippen LogP contribution is 2.41. The van der Waals surface area contributed by atoms with Crippen LogP contribution in [-0.2, 0) is 9.59 Å². The number of rotatable bonds is 2. The van der Waals surface area contributed by atoms with Crippen LogP contribution in [0.3, 0.4) is 0 Å². The molecule has 1 aliphatic rings. The molecule has 0 spiro atoms. The number of phenolic OH excluding ortho intramolecular Hbond substituents is 2. The van der Waals surface area contributed by atoms with Crippen molar-refractivity contribution in [3.8, 4) is 11.5 Å². The van der Waals surface area contributed by atoms with Gasteiger partial charge in [0.2, 0.25) is 11.8 Å². The maximum Gasteiger partial charge on any atom is 0.235 e. The molecule has 5 nitrogen and oxygen atoms in total. The Morgan fingerprint density at radius 3 is 2.10 bits per heavy atom. The summed E-state index contributed by atoms with van der Waals surface area (Å²) in [6, 6.07) is 12.6. The summed E-state index contributed by atoms with van der Waals surface area (Å²) >= 11 is 0.